The standard InChI is InChI=1S/C30H29FN2O3/c31-25-12-6-5-9-23(25)20-33-26-13-7-8-14-27(26)36-28(30(33)35)19-21-15-17-22(18-16-21)29(34)32-24-10-3-1-2-4-11-24/h5-9,12-19,24H,1-4,10-11,20H2,(H,32,34)/b28-19-. The lowest BCUT2D eigenvalue weighted by Crippen LogP contribution is -2.37. The van der Waals surface area contributed by atoms with Crippen molar-refractivity contribution >= 4 is 23.6 Å². The minimum atomic E-state index is -0.363. The third-order valence-electron chi connectivity index (χ3n) is 6.78. The second-order valence-electron chi connectivity index (χ2n) is 9.35. The summed E-state index contributed by atoms with van der Waals surface area (Å²) in [4.78, 5) is 27.6. The smallest absolute Gasteiger partial charge is 0.294 e. The van der Waals surface area contributed by atoms with Crippen LogP contribution in [-0.4, -0.2) is 17.9 Å². The van der Waals surface area contributed by atoms with E-state index in [2.05, 4.69) is 5.32 Å². The van der Waals surface area contributed by atoms with Crippen LogP contribution in [0.5, 0.6) is 5.75 Å². The summed E-state index contributed by atoms with van der Waals surface area (Å²) in [5.41, 5.74) is 2.33. The van der Waals surface area contributed by atoms with Gasteiger partial charge in [-0.2, -0.15) is 0 Å². The fourth-order valence-electron chi connectivity index (χ4n) is 4.79. The number of amides is 2. The van der Waals surface area contributed by atoms with Crippen LogP contribution in [0.2, 0.25) is 0 Å². The molecule has 2 amide bonds. The number of para-hydroxylation sites is 2. The van der Waals surface area contributed by atoms with Crippen molar-refractivity contribution in [3.05, 3.63) is 101 Å². The molecular formula is C30H29FN2O3. The quantitative estimate of drug-likeness (QED) is 0.344. The van der Waals surface area contributed by atoms with Crippen LogP contribution in [0.3, 0.4) is 0 Å². The summed E-state index contributed by atoms with van der Waals surface area (Å²) in [6, 6.07) is 21.0. The minimum absolute atomic E-state index is 0.0731. The molecule has 0 saturated heterocycles. The first-order valence-electron chi connectivity index (χ1n) is 12.5. The number of ether oxygens (including phenoxy) is 1. The fourth-order valence-corrected chi connectivity index (χ4v) is 4.79. The minimum Gasteiger partial charge on any atom is -0.449 e. The molecule has 1 fully saturated rings. The van der Waals surface area contributed by atoms with E-state index in [-0.39, 0.29) is 36.0 Å². The molecule has 0 spiro atoms. The van der Waals surface area contributed by atoms with Gasteiger partial charge in [0.1, 0.15) is 5.82 Å². The highest BCUT2D eigenvalue weighted by Crippen LogP contribution is 2.36. The number of carbonyl (C=O) groups excluding carboxylic acids is 2. The second-order valence-corrected chi connectivity index (χ2v) is 9.35. The zero-order chi connectivity index (χ0) is 24.9. The van der Waals surface area contributed by atoms with Gasteiger partial charge in [-0.1, -0.05) is 68.1 Å². The summed E-state index contributed by atoms with van der Waals surface area (Å²) >= 11 is 0. The normalized spacial score (nSPS) is 17.3. The average Bonchev–Trinajstić information content (AvgIpc) is 3.16. The Kier molecular flexibility index (Phi) is 7.12. The van der Waals surface area contributed by atoms with Crippen LogP contribution in [0.4, 0.5) is 10.1 Å². The van der Waals surface area contributed by atoms with Gasteiger partial charge >= 0.3 is 0 Å². The van der Waals surface area contributed by atoms with E-state index in [1.807, 2.05) is 12.1 Å². The predicted octanol–water partition coefficient (Wildman–Crippen LogP) is 6.25. The number of fused-ring (bicyclic) bond motifs is 1. The number of halogens is 1. The Morgan fingerprint density at radius 2 is 1.64 bits per heavy atom. The molecule has 0 aromatic heterocycles. The van der Waals surface area contributed by atoms with Crippen molar-refractivity contribution < 1.29 is 18.7 Å². The number of hydrogen-bond acceptors (Lipinski definition) is 3. The van der Waals surface area contributed by atoms with Crippen LogP contribution < -0.4 is 15.0 Å². The van der Waals surface area contributed by atoms with Crippen LogP contribution in [0.1, 0.15) is 60.0 Å². The number of nitrogens with zero attached hydrogens (tertiary/aromatic N) is 1. The summed E-state index contributed by atoms with van der Waals surface area (Å²) in [5.74, 6) is -0.125. The molecule has 3 aromatic rings. The van der Waals surface area contributed by atoms with Crippen molar-refractivity contribution in [2.75, 3.05) is 4.90 Å². The van der Waals surface area contributed by atoms with Crippen LogP contribution in [0, 0.1) is 5.82 Å². The lowest BCUT2D eigenvalue weighted by molar-refractivity contribution is -0.117. The van der Waals surface area contributed by atoms with Gasteiger partial charge in [0.25, 0.3) is 11.8 Å². The van der Waals surface area contributed by atoms with E-state index in [1.165, 1.54) is 23.8 Å². The average molecular weight is 485 g/mol. The van der Waals surface area contributed by atoms with Crippen molar-refractivity contribution in [1.29, 1.82) is 0 Å². The molecule has 6 heteroatoms. The van der Waals surface area contributed by atoms with Crippen molar-refractivity contribution in [3.8, 4) is 5.75 Å². The third-order valence-corrected chi connectivity index (χ3v) is 6.78. The van der Waals surface area contributed by atoms with Gasteiger partial charge < -0.3 is 10.1 Å². The lowest BCUT2D eigenvalue weighted by atomic mass is 10.1. The first-order valence-corrected chi connectivity index (χ1v) is 12.5. The van der Waals surface area contributed by atoms with Crippen LogP contribution >= 0.6 is 0 Å². The number of benzene rings is 3. The van der Waals surface area contributed by atoms with Gasteiger partial charge in [-0.05, 0) is 54.8 Å². The molecule has 0 bridgehead atoms. The number of anilines is 1. The SMILES string of the molecule is O=C(NC1CCCCCC1)c1ccc(/C=C2\Oc3ccccc3N(Cc3ccccc3F)C2=O)cc1. The highest BCUT2D eigenvalue weighted by Gasteiger charge is 2.30. The largest absolute Gasteiger partial charge is 0.449 e. The molecule has 0 unspecified atom stereocenters. The second kappa shape index (κ2) is 10.8. The molecule has 2 aliphatic rings. The summed E-state index contributed by atoms with van der Waals surface area (Å²) in [6.07, 6.45) is 8.49. The molecule has 5 rings (SSSR count). The Hall–Kier alpha value is -3.93. The molecule has 5 nitrogen and oxygen atoms in total. The van der Waals surface area contributed by atoms with E-state index >= 15 is 0 Å². The van der Waals surface area contributed by atoms with E-state index in [0.717, 1.165) is 31.2 Å². The molecule has 3 aromatic carbocycles. The number of nitrogens with one attached hydrogen (secondary N) is 1. The molecule has 36 heavy (non-hydrogen) atoms. The van der Waals surface area contributed by atoms with Gasteiger partial charge in [0, 0.05) is 17.2 Å². The van der Waals surface area contributed by atoms with Gasteiger partial charge in [0.15, 0.2) is 11.5 Å². The van der Waals surface area contributed by atoms with Crippen molar-refractivity contribution in [3.63, 3.8) is 0 Å². The summed E-state index contributed by atoms with van der Waals surface area (Å²) < 4.78 is 20.3. The summed E-state index contributed by atoms with van der Waals surface area (Å²) in [7, 11) is 0. The fraction of sp³-hybridized carbons (Fsp3) is 0.267. The Balaban J connectivity index is 1.35. The lowest BCUT2D eigenvalue weighted by Gasteiger charge is -2.30. The third kappa shape index (κ3) is 5.33. The molecule has 1 aliphatic heterocycles. The van der Waals surface area contributed by atoms with E-state index in [4.69, 9.17) is 4.74 Å². The molecule has 1 heterocycles. The van der Waals surface area contributed by atoms with E-state index in [0.29, 0.717) is 22.6 Å². The number of hydrogen-bond donors (Lipinski definition) is 1. The highest BCUT2D eigenvalue weighted by atomic mass is 19.1. The Morgan fingerprint density at radius 1 is 0.944 bits per heavy atom. The Bertz CT molecular complexity index is 1280. The van der Waals surface area contributed by atoms with Gasteiger partial charge in [-0.3, -0.25) is 14.5 Å². The van der Waals surface area contributed by atoms with Crippen LogP contribution in [0.25, 0.3) is 6.08 Å². The monoisotopic (exact) mass is 484 g/mol. The molecular weight excluding hydrogens is 455 g/mol. The first-order chi connectivity index (χ1) is 17.6. The van der Waals surface area contributed by atoms with E-state index in [1.54, 1.807) is 60.7 Å². The van der Waals surface area contributed by atoms with Crippen LogP contribution in [0.15, 0.2) is 78.6 Å². The van der Waals surface area contributed by atoms with Crippen molar-refractivity contribution in [2.45, 2.75) is 51.1 Å². The van der Waals surface area contributed by atoms with Crippen molar-refractivity contribution in [2.24, 2.45) is 0 Å². The molecule has 1 N–H and O–H groups in total. The topological polar surface area (TPSA) is 58.6 Å². The van der Waals surface area contributed by atoms with E-state index in [9.17, 15) is 14.0 Å². The zero-order valence-corrected chi connectivity index (χ0v) is 20.1. The van der Waals surface area contributed by atoms with Gasteiger partial charge in [-0.25, -0.2) is 4.39 Å². The van der Waals surface area contributed by atoms with Crippen LogP contribution in [-0.2, 0) is 11.3 Å². The summed E-state index contributed by atoms with van der Waals surface area (Å²) in [5, 5.41) is 3.16. The van der Waals surface area contributed by atoms with Gasteiger partial charge in [0.2, 0.25) is 0 Å². The maximum atomic E-state index is 14.3. The van der Waals surface area contributed by atoms with Gasteiger partial charge in [0.05, 0.1) is 12.2 Å². The molecule has 184 valence electrons. The maximum absolute atomic E-state index is 14.3. The Morgan fingerprint density at radius 3 is 2.39 bits per heavy atom. The van der Waals surface area contributed by atoms with E-state index < -0.39 is 0 Å². The van der Waals surface area contributed by atoms with Gasteiger partial charge in [-0.15, -0.1) is 0 Å². The first kappa shape index (κ1) is 23.8. The Labute approximate surface area is 210 Å². The molecule has 0 atom stereocenters. The molecule has 1 saturated carbocycles. The zero-order valence-electron chi connectivity index (χ0n) is 20.1. The number of carbonyl (C=O) groups is 2. The predicted molar refractivity (Wildman–Crippen MR) is 138 cm³/mol. The van der Waals surface area contributed by atoms with Crippen molar-refractivity contribution in [1.82, 2.24) is 5.32 Å². The molecule has 1 aliphatic carbocycles. The maximum Gasteiger partial charge on any atom is 0.294 e. The highest BCUT2D eigenvalue weighted by molar-refractivity contribution is 6.09. The molecule has 0 radical (unpaired) electrons. The number of rotatable bonds is 5. The summed E-state index contributed by atoms with van der Waals surface area (Å²) in [6.45, 7) is 0.0868.